The molecule has 0 heterocycles. The number of benzene rings is 1. The van der Waals surface area contributed by atoms with E-state index in [-0.39, 0.29) is 0 Å². The highest BCUT2D eigenvalue weighted by Crippen LogP contribution is 2.16. The predicted octanol–water partition coefficient (Wildman–Crippen LogP) is 7.94. The molecule has 0 aliphatic heterocycles. The average Bonchev–Trinajstić information content (AvgIpc) is 2.55. The third kappa shape index (κ3) is 10.6. The van der Waals surface area contributed by atoms with Gasteiger partial charge in [-0.3, -0.25) is 0 Å². The second-order valence-electron chi connectivity index (χ2n) is 7.42. The Hall–Kier alpha value is -0.780. The Balaban J connectivity index is 1.87. The van der Waals surface area contributed by atoms with Crippen LogP contribution in [0.4, 0.5) is 0 Å². The van der Waals surface area contributed by atoms with Gasteiger partial charge in [-0.2, -0.15) is 0 Å². The van der Waals surface area contributed by atoms with Gasteiger partial charge in [0.25, 0.3) is 0 Å². The molecule has 0 bridgehead atoms. The zero-order valence-electron chi connectivity index (χ0n) is 16.1. The minimum absolute atomic E-state index is 1.27. The molecule has 0 spiro atoms. The number of hydrogen-bond donors (Lipinski definition) is 0. The molecule has 0 aliphatic carbocycles. The Kier molecular flexibility index (Phi) is 12.0. The van der Waals surface area contributed by atoms with Crippen molar-refractivity contribution in [3.05, 3.63) is 34.9 Å². The fourth-order valence-electron chi connectivity index (χ4n) is 3.40. The van der Waals surface area contributed by atoms with Crippen LogP contribution in [0.3, 0.4) is 0 Å². The second-order valence-corrected chi connectivity index (χ2v) is 7.42. The fourth-order valence-corrected chi connectivity index (χ4v) is 3.40. The van der Waals surface area contributed by atoms with Gasteiger partial charge < -0.3 is 0 Å². The molecule has 0 aliphatic rings. The van der Waals surface area contributed by atoms with E-state index in [0.717, 1.165) is 0 Å². The van der Waals surface area contributed by atoms with Crippen LogP contribution in [0.1, 0.15) is 107 Å². The van der Waals surface area contributed by atoms with Crippen LogP contribution < -0.4 is 0 Å². The first kappa shape index (κ1) is 20.3. The minimum Gasteiger partial charge on any atom is -0.0654 e. The summed E-state index contributed by atoms with van der Waals surface area (Å²) in [5, 5.41) is 0. The van der Waals surface area contributed by atoms with Gasteiger partial charge in [0.05, 0.1) is 0 Å². The molecule has 1 aromatic carbocycles. The maximum Gasteiger partial charge on any atom is -0.0276 e. The topological polar surface area (TPSA) is 0 Å². The zero-order valence-corrected chi connectivity index (χ0v) is 16.1. The molecule has 1 rings (SSSR count). The second kappa shape index (κ2) is 13.6. The van der Waals surface area contributed by atoms with Crippen LogP contribution in [-0.4, -0.2) is 0 Å². The predicted molar refractivity (Wildman–Crippen MR) is 105 cm³/mol. The van der Waals surface area contributed by atoms with Gasteiger partial charge in [0.15, 0.2) is 0 Å². The monoisotopic (exact) mass is 316 g/mol. The van der Waals surface area contributed by atoms with Gasteiger partial charge >= 0.3 is 0 Å². The summed E-state index contributed by atoms with van der Waals surface area (Å²) in [6.07, 6.45) is 20.0. The lowest BCUT2D eigenvalue weighted by atomic mass is 9.99. The van der Waals surface area contributed by atoms with Crippen molar-refractivity contribution in [1.82, 2.24) is 0 Å². The maximum absolute atomic E-state index is 2.37. The summed E-state index contributed by atoms with van der Waals surface area (Å²) < 4.78 is 0. The molecule has 0 amide bonds. The molecule has 0 aromatic heterocycles. The first-order valence-electron chi connectivity index (χ1n) is 10.3. The third-order valence-corrected chi connectivity index (χ3v) is 5.05. The van der Waals surface area contributed by atoms with Crippen LogP contribution in [0, 0.1) is 13.8 Å². The van der Waals surface area contributed by atoms with Crippen molar-refractivity contribution in [2.24, 2.45) is 0 Å². The largest absolute Gasteiger partial charge is 0.0654 e. The number of unbranched alkanes of at least 4 members (excludes halogenated alkanes) is 12. The zero-order chi connectivity index (χ0) is 16.8. The molecular formula is C23H40. The number of rotatable bonds is 14. The van der Waals surface area contributed by atoms with Crippen LogP contribution in [0.2, 0.25) is 0 Å². The van der Waals surface area contributed by atoms with Gasteiger partial charge in [-0.05, 0) is 37.8 Å². The first-order chi connectivity index (χ1) is 11.2. The summed E-state index contributed by atoms with van der Waals surface area (Å²) in [7, 11) is 0. The van der Waals surface area contributed by atoms with Crippen LogP contribution in [0.15, 0.2) is 18.2 Å². The van der Waals surface area contributed by atoms with E-state index >= 15 is 0 Å². The normalized spacial score (nSPS) is 11.1. The SMILES string of the molecule is CCCCCCCCCCCCCCCc1cc(C)ccc1C. The molecule has 0 fully saturated rings. The highest BCUT2D eigenvalue weighted by molar-refractivity contribution is 5.30. The first-order valence-corrected chi connectivity index (χ1v) is 10.3. The molecule has 23 heavy (non-hydrogen) atoms. The highest BCUT2D eigenvalue weighted by atomic mass is 14.0. The summed E-state index contributed by atoms with van der Waals surface area (Å²) >= 11 is 0. The lowest BCUT2D eigenvalue weighted by Gasteiger charge is -2.07. The van der Waals surface area contributed by atoms with Crippen molar-refractivity contribution < 1.29 is 0 Å². The van der Waals surface area contributed by atoms with Crippen molar-refractivity contribution in [3.8, 4) is 0 Å². The van der Waals surface area contributed by atoms with Gasteiger partial charge in [0.1, 0.15) is 0 Å². The van der Waals surface area contributed by atoms with E-state index in [0.29, 0.717) is 0 Å². The molecule has 1 aromatic rings. The van der Waals surface area contributed by atoms with E-state index < -0.39 is 0 Å². The van der Waals surface area contributed by atoms with Crippen LogP contribution in [0.5, 0.6) is 0 Å². The van der Waals surface area contributed by atoms with Gasteiger partial charge in [-0.15, -0.1) is 0 Å². The molecule has 0 nitrogen and oxygen atoms in total. The average molecular weight is 317 g/mol. The molecule has 0 radical (unpaired) electrons. The molecule has 0 saturated heterocycles. The lowest BCUT2D eigenvalue weighted by molar-refractivity contribution is 0.539. The van der Waals surface area contributed by atoms with E-state index in [1.165, 1.54) is 101 Å². The third-order valence-electron chi connectivity index (χ3n) is 5.05. The summed E-state index contributed by atoms with van der Waals surface area (Å²) in [5.41, 5.74) is 4.43. The smallest absolute Gasteiger partial charge is 0.0276 e. The highest BCUT2D eigenvalue weighted by Gasteiger charge is 1.99. The van der Waals surface area contributed by atoms with E-state index in [4.69, 9.17) is 0 Å². The number of aryl methyl sites for hydroxylation is 3. The molecular weight excluding hydrogens is 276 g/mol. The molecule has 0 atom stereocenters. The Morgan fingerprint density at radius 2 is 1.09 bits per heavy atom. The quantitative estimate of drug-likeness (QED) is 0.306. The van der Waals surface area contributed by atoms with Crippen LogP contribution in [-0.2, 0) is 6.42 Å². The van der Waals surface area contributed by atoms with Gasteiger partial charge in [0.2, 0.25) is 0 Å². The molecule has 0 heteroatoms. The summed E-state index contributed by atoms with van der Waals surface area (Å²) in [6.45, 7) is 6.74. The molecule has 132 valence electrons. The van der Waals surface area contributed by atoms with Crippen molar-refractivity contribution >= 4 is 0 Å². The summed E-state index contributed by atoms with van der Waals surface area (Å²) in [4.78, 5) is 0. The standard InChI is InChI=1S/C23H40/c1-4-5-6-7-8-9-10-11-12-13-14-15-16-17-23-20-21(2)18-19-22(23)3/h18-20H,4-17H2,1-3H3. The van der Waals surface area contributed by atoms with Gasteiger partial charge in [-0.25, -0.2) is 0 Å². The minimum atomic E-state index is 1.27. The van der Waals surface area contributed by atoms with Crippen molar-refractivity contribution in [2.75, 3.05) is 0 Å². The van der Waals surface area contributed by atoms with Crippen molar-refractivity contribution in [1.29, 1.82) is 0 Å². The lowest BCUT2D eigenvalue weighted by Crippen LogP contribution is -1.91. The van der Waals surface area contributed by atoms with E-state index in [9.17, 15) is 0 Å². The Morgan fingerprint density at radius 3 is 1.61 bits per heavy atom. The maximum atomic E-state index is 2.37. The van der Waals surface area contributed by atoms with E-state index in [2.05, 4.69) is 39.0 Å². The van der Waals surface area contributed by atoms with Crippen LogP contribution in [0.25, 0.3) is 0 Å². The molecule has 0 saturated carbocycles. The molecule has 0 unspecified atom stereocenters. The van der Waals surface area contributed by atoms with E-state index in [1.54, 1.807) is 5.56 Å². The summed E-state index contributed by atoms with van der Waals surface area (Å²) in [5.74, 6) is 0. The van der Waals surface area contributed by atoms with E-state index in [1.807, 2.05) is 0 Å². The fraction of sp³-hybridized carbons (Fsp3) is 0.739. The number of hydrogen-bond acceptors (Lipinski definition) is 0. The Bertz CT molecular complexity index is 391. The van der Waals surface area contributed by atoms with Gasteiger partial charge in [-0.1, -0.05) is 108 Å². The summed E-state index contributed by atoms with van der Waals surface area (Å²) in [6, 6.07) is 6.87. The Labute approximate surface area is 146 Å². The molecule has 0 N–H and O–H groups in total. The van der Waals surface area contributed by atoms with Gasteiger partial charge in [0, 0.05) is 0 Å². The van der Waals surface area contributed by atoms with Crippen molar-refractivity contribution in [2.45, 2.75) is 111 Å². The van der Waals surface area contributed by atoms with Crippen LogP contribution >= 0.6 is 0 Å². The Morgan fingerprint density at radius 1 is 0.609 bits per heavy atom. The van der Waals surface area contributed by atoms with Crippen molar-refractivity contribution in [3.63, 3.8) is 0 Å².